The quantitative estimate of drug-likeness (QED) is 0.748. The molecule has 0 N–H and O–H groups in total. The van der Waals surface area contributed by atoms with Crippen LogP contribution in [0.4, 0.5) is 4.79 Å². The molecule has 0 saturated carbocycles. The van der Waals surface area contributed by atoms with Gasteiger partial charge in [-0.1, -0.05) is 6.92 Å². The molecule has 0 bridgehead atoms. The fraction of sp³-hybridized carbons (Fsp3) is 0.875. The van der Waals surface area contributed by atoms with E-state index in [9.17, 15) is 9.59 Å². The minimum absolute atomic E-state index is 0.0502. The van der Waals surface area contributed by atoms with Gasteiger partial charge in [0, 0.05) is 13.1 Å². The Balaban J connectivity index is 2.51. The van der Waals surface area contributed by atoms with Gasteiger partial charge < -0.3 is 14.4 Å². The number of carbonyl (C=O) groups excluding carboxylic acids is 2. The molecule has 1 unspecified atom stereocenters. The van der Waals surface area contributed by atoms with Crippen LogP contribution in [0.1, 0.15) is 53.9 Å². The Bertz CT molecular complexity index is 354. The van der Waals surface area contributed by atoms with E-state index in [-0.39, 0.29) is 18.0 Å². The lowest BCUT2D eigenvalue weighted by atomic mass is 9.83. The number of hydrogen-bond donors (Lipinski definition) is 0. The molecule has 1 atom stereocenters. The maximum Gasteiger partial charge on any atom is 0.410 e. The largest absolute Gasteiger partial charge is 0.466 e. The van der Waals surface area contributed by atoms with Crippen LogP contribution in [-0.4, -0.2) is 42.3 Å². The molecular weight excluding hydrogens is 270 g/mol. The van der Waals surface area contributed by atoms with Crippen molar-refractivity contribution < 1.29 is 19.1 Å². The molecule has 1 rings (SSSR count). The first-order valence-corrected chi connectivity index (χ1v) is 7.93. The number of ether oxygens (including phenoxy) is 2. The second-order valence-electron chi connectivity index (χ2n) is 6.57. The molecule has 0 spiro atoms. The van der Waals surface area contributed by atoms with E-state index in [1.807, 2.05) is 34.6 Å². The monoisotopic (exact) mass is 299 g/mol. The second kappa shape index (κ2) is 7.66. The molecule has 5 heteroatoms. The number of hydrogen-bond acceptors (Lipinski definition) is 4. The normalized spacial score (nSPS) is 18.2. The van der Waals surface area contributed by atoms with Crippen molar-refractivity contribution in [2.75, 3.05) is 19.7 Å². The summed E-state index contributed by atoms with van der Waals surface area (Å²) in [7, 11) is 0. The third-order valence-electron chi connectivity index (χ3n) is 3.79. The first-order chi connectivity index (χ1) is 9.78. The van der Waals surface area contributed by atoms with E-state index in [0.29, 0.717) is 25.6 Å². The highest BCUT2D eigenvalue weighted by atomic mass is 16.6. The van der Waals surface area contributed by atoms with Gasteiger partial charge in [0.1, 0.15) is 5.60 Å². The van der Waals surface area contributed by atoms with E-state index in [1.165, 1.54) is 0 Å². The van der Waals surface area contributed by atoms with E-state index in [1.54, 1.807) is 4.90 Å². The molecular formula is C16H29NO4. The summed E-state index contributed by atoms with van der Waals surface area (Å²) >= 11 is 0. The predicted molar refractivity (Wildman–Crippen MR) is 80.9 cm³/mol. The molecule has 1 fully saturated rings. The molecule has 0 aromatic carbocycles. The van der Waals surface area contributed by atoms with Crippen LogP contribution in [0, 0.1) is 11.8 Å². The highest BCUT2D eigenvalue weighted by Gasteiger charge is 2.33. The third kappa shape index (κ3) is 5.56. The zero-order chi connectivity index (χ0) is 16.0. The van der Waals surface area contributed by atoms with Gasteiger partial charge in [0.25, 0.3) is 0 Å². The van der Waals surface area contributed by atoms with Gasteiger partial charge in [0.15, 0.2) is 0 Å². The SMILES string of the molecule is CCOC(=O)C(CC)C1CCN(C(=O)OC(C)(C)C)CC1. The summed E-state index contributed by atoms with van der Waals surface area (Å²) in [6.07, 6.45) is 2.19. The average molecular weight is 299 g/mol. The van der Waals surface area contributed by atoms with Gasteiger partial charge in [-0.3, -0.25) is 4.79 Å². The van der Waals surface area contributed by atoms with Crippen molar-refractivity contribution >= 4 is 12.1 Å². The standard InChI is InChI=1S/C16H29NO4/c1-6-13(14(18)20-7-2)12-8-10-17(11-9-12)15(19)21-16(3,4)5/h12-13H,6-11H2,1-5H3. The Labute approximate surface area is 128 Å². The van der Waals surface area contributed by atoms with Crippen molar-refractivity contribution in [1.82, 2.24) is 4.90 Å². The highest BCUT2D eigenvalue weighted by Crippen LogP contribution is 2.29. The van der Waals surface area contributed by atoms with Crippen LogP contribution in [-0.2, 0) is 14.3 Å². The van der Waals surface area contributed by atoms with E-state index < -0.39 is 5.60 Å². The Morgan fingerprint density at radius 3 is 2.19 bits per heavy atom. The van der Waals surface area contributed by atoms with Crippen molar-refractivity contribution in [3.05, 3.63) is 0 Å². The van der Waals surface area contributed by atoms with Crippen molar-refractivity contribution in [3.63, 3.8) is 0 Å². The van der Waals surface area contributed by atoms with Crippen LogP contribution in [0.15, 0.2) is 0 Å². The molecule has 122 valence electrons. The first kappa shape index (κ1) is 17.8. The zero-order valence-electron chi connectivity index (χ0n) is 14.0. The Morgan fingerprint density at radius 2 is 1.76 bits per heavy atom. The fourth-order valence-electron chi connectivity index (χ4n) is 2.75. The lowest BCUT2D eigenvalue weighted by Gasteiger charge is -2.35. The third-order valence-corrected chi connectivity index (χ3v) is 3.79. The minimum atomic E-state index is -0.467. The molecule has 21 heavy (non-hydrogen) atoms. The van der Waals surface area contributed by atoms with Crippen LogP contribution in [0.5, 0.6) is 0 Å². The van der Waals surface area contributed by atoms with Gasteiger partial charge in [-0.15, -0.1) is 0 Å². The van der Waals surface area contributed by atoms with Gasteiger partial charge in [-0.2, -0.15) is 0 Å². The zero-order valence-corrected chi connectivity index (χ0v) is 14.0. The minimum Gasteiger partial charge on any atom is -0.466 e. The molecule has 0 aromatic rings. The van der Waals surface area contributed by atoms with E-state index in [4.69, 9.17) is 9.47 Å². The average Bonchev–Trinajstić information content (AvgIpc) is 2.38. The van der Waals surface area contributed by atoms with Crippen LogP contribution in [0.3, 0.4) is 0 Å². The van der Waals surface area contributed by atoms with Crippen molar-refractivity contribution in [1.29, 1.82) is 0 Å². The summed E-state index contributed by atoms with van der Waals surface area (Å²) in [5, 5.41) is 0. The van der Waals surface area contributed by atoms with E-state index in [2.05, 4.69) is 0 Å². The van der Waals surface area contributed by atoms with E-state index in [0.717, 1.165) is 19.3 Å². The maximum atomic E-state index is 12.0. The Kier molecular flexibility index (Phi) is 6.49. The molecule has 1 aliphatic rings. The molecule has 1 heterocycles. The van der Waals surface area contributed by atoms with Crippen molar-refractivity contribution in [3.8, 4) is 0 Å². The number of amides is 1. The second-order valence-corrected chi connectivity index (χ2v) is 6.57. The molecule has 1 saturated heterocycles. The van der Waals surface area contributed by atoms with Gasteiger partial charge >= 0.3 is 12.1 Å². The molecule has 0 aliphatic carbocycles. The van der Waals surface area contributed by atoms with Crippen LogP contribution in [0.25, 0.3) is 0 Å². The van der Waals surface area contributed by atoms with Crippen molar-refractivity contribution in [2.24, 2.45) is 11.8 Å². The van der Waals surface area contributed by atoms with Gasteiger partial charge in [-0.05, 0) is 52.9 Å². The Hall–Kier alpha value is -1.26. The lowest BCUT2D eigenvalue weighted by molar-refractivity contribution is -0.150. The lowest BCUT2D eigenvalue weighted by Crippen LogP contribution is -2.43. The van der Waals surface area contributed by atoms with Gasteiger partial charge in [0.05, 0.1) is 12.5 Å². The van der Waals surface area contributed by atoms with Crippen LogP contribution < -0.4 is 0 Å². The summed E-state index contributed by atoms with van der Waals surface area (Å²) in [5.41, 5.74) is -0.467. The number of likely N-dealkylation sites (tertiary alicyclic amines) is 1. The predicted octanol–water partition coefficient (Wildman–Crippen LogP) is 3.22. The number of carbonyl (C=O) groups is 2. The summed E-state index contributed by atoms with van der Waals surface area (Å²) in [5.74, 6) is 0.147. The van der Waals surface area contributed by atoms with Gasteiger partial charge in [0.2, 0.25) is 0 Å². The maximum absolute atomic E-state index is 12.0. The Morgan fingerprint density at radius 1 is 1.19 bits per heavy atom. The fourth-order valence-corrected chi connectivity index (χ4v) is 2.75. The number of nitrogens with zero attached hydrogens (tertiary/aromatic N) is 1. The van der Waals surface area contributed by atoms with Crippen LogP contribution >= 0.6 is 0 Å². The number of rotatable bonds is 4. The summed E-state index contributed by atoms with van der Waals surface area (Å²) in [6, 6.07) is 0. The summed E-state index contributed by atoms with van der Waals surface area (Å²) in [4.78, 5) is 25.7. The van der Waals surface area contributed by atoms with Gasteiger partial charge in [-0.25, -0.2) is 4.79 Å². The number of piperidine rings is 1. The molecule has 0 aromatic heterocycles. The first-order valence-electron chi connectivity index (χ1n) is 7.93. The molecule has 1 aliphatic heterocycles. The molecule has 1 amide bonds. The van der Waals surface area contributed by atoms with Crippen molar-refractivity contribution in [2.45, 2.75) is 59.5 Å². The van der Waals surface area contributed by atoms with E-state index >= 15 is 0 Å². The highest BCUT2D eigenvalue weighted by molar-refractivity contribution is 5.73. The molecule has 0 radical (unpaired) electrons. The van der Waals surface area contributed by atoms with Crippen LogP contribution in [0.2, 0.25) is 0 Å². The smallest absolute Gasteiger partial charge is 0.410 e. The summed E-state index contributed by atoms with van der Waals surface area (Å²) in [6.45, 7) is 11.2. The number of esters is 1. The topological polar surface area (TPSA) is 55.8 Å². The molecule has 5 nitrogen and oxygen atoms in total. The summed E-state index contributed by atoms with van der Waals surface area (Å²) < 4.78 is 10.5.